The third kappa shape index (κ3) is 7.10. The number of ether oxygens (including phenoxy) is 1. The van der Waals surface area contributed by atoms with Gasteiger partial charge < -0.3 is 26.4 Å². The van der Waals surface area contributed by atoms with Crippen molar-refractivity contribution in [1.82, 2.24) is 10.6 Å². The highest BCUT2D eigenvalue weighted by molar-refractivity contribution is 6.31. The number of likely N-dealkylation sites (N-methyl/N-ethyl adjacent to an activating group) is 1. The molecule has 9 nitrogen and oxygen atoms in total. The summed E-state index contributed by atoms with van der Waals surface area (Å²) >= 11 is 5.82. The van der Waals surface area contributed by atoms with Crippen LogP contribution in [0.2, 0.25) is 5.02 Å². The zero-order chi connectivity index (χ0) is 23.1. The summed E-state index contributed by atoms with van der Waals surface area (Å²) in [5.41, 5.74) is 6.20. The van der Waals surface area contributed by atoms with Crippen molar-refractivity contribution < 1.29 is 23.5 Å². The average Bonchev–Trinajstić information content (AvgIpc) is 2.72. The van der Waals surface area contributed by atoms with Crippen molar-refractivity contribution in [2.45, 2.75) is 13.5 Å². The highest BCUT2D eigenvalue weighted by Gasteiger charge is 2.16. The zero-order valence-corrected chi connectivity index (χ0v) is 18.7. The van der Waals surface area contributed by atoms with Crippen LogP contribution >= 0.6 is 24.0 Å². The Kier molecular flexibility index (Phi) is 9.89. The molecule has 0 aliphatic heterocycles. The number of halogens is 3. The van der Waals surface area contributed by atoms with Crippen molar-refractivity contribution in [3.05, 3.63) is 57.9 Å². The largest absolute Gasteiger partial charge is 0.483 e. The Hall–Kier alpha value is -3.37. The maximum absolute atomic E-state index is 14.0. The molecular weight excluding hydrogens is 464 g/mol. The summed E-state index contributed by atoms with van der Waals surface area (Å²) in [6, 6.07) is 6.95. The number of anilines is 1. The van der Waals surface area contributed by atoms with Gasteiger partial charge in [-0.2, -0.15) is 0 Å². The Bertz CT molecular complexity index is 1050. The summed E-state index contributed by atoms with van der Waals surface area (Å²) in [5, 5.41) is 14.5. The van der Waals surface area contributed by atoms with Gasteiger partial charge in [0.05, 0.1) is 10.7 Å². The van der Waals surface area contributed by atoms with Crippen molar-refractivity contribution in [2.24, 2.45) is 5.73 Å². The molecule has 0 atom stereocenters. The molecule has 0 radical (unpaired) electrons. The van der Waals surface area contributed by atoms with E-state index in [1.165, 1.54) is 26.1 Å². The molecule has 0 aliphatic carbocycles. The van der Waals surface area contributed by atoms with Crippen LogP contribution in [0.4, 0.5) is 10.1 Å². The van der Waals surface area contributed by atoms with Crippen molar-refractivity contribution in [1.29, 1.82) is 5.41 Å². The van der Waals surface area contributed by atoms with E-state index in [2.05, 4.69) is 16.0 Å². The Morgan fingerprint density at radius 2 is 1.88 bits per heavy atom. The number of amidine groups is 1. The second kappa shape index (κ2) is 11.9. The average molecular weight is 486 g/mol. The first-order valence-electron chi connectivity index (χ1n) is 8.98. The number of carbonyl (C=O) groups is 3. The molecule has 172 valence electrons. The van der Waals surface area contributed by atoms with Gasteiger partial charge in [0, 0.05) is 37.2 Å². The van der Waals surface area contributed by atoms with Crippen LogP contribution in [0.25, 0.3) is 0 Å². The minimum atomic E-state index is -0.849. The van der Waals surface area contributed by atoms with Crippen LogP contribution in [0, 0.1) is 11.2 Å². The molecule has 0 aliphatic rings. The minimum absolute atomic E-state index is 0. The van der Waals surface area contributed by atoms with Gasteiger partial charge in [0.2, 0.25) is 5.91 Å². The lowest BCUT2D eigenvalue weighted by molar-refractivity contribution is -0.122. The summed E-state index contributed by atoms with van der Waals surface area (Å²) < 4.78 is 19.5. The molecule has 32 heavy (non-hydrogen) atoms. The van der Waals surface area contributed by atoms with E-state index >= 15 is 0 Å². The predicted octanol–water partition coefficient (Wildman–Crippen LogP) is 2.20. The van der Waals surface area contributed by atoms with Gasteiger partial charge in [-0.25, -0.2) is 4.39 Å². The third-order valence-electron chi connectivity index (χ3n) is 4.06. The molecule has 2 aromatic carbocycles. The maximum atomic E-state index is 14.0. The van der Waals surface area contributed by atoms with Gasteiger partial charge in [-0.3, -0.25) is 19.8 Å². The summed E-state index contributed by atoms with van der Waals surface area (Å²) in [6.45, 7) is 0.919. The number of rotatable bonds is 8. The van der Waals surface area contributed by atoms with Gasteiger partial charge in [-0.15, -0.1) is 12.4 Å². The lowest BCUT2D eigenvalue weighted by atomic mass is 10.1. The monoisotopic (exact) mass is 485 g/mol. The second-order valence-corrected chi connectivity index (χ2v) is 6.79. The first-order chi connectivity index (χ1) is 14.6. The van der Waals surface area contributed by atoms with Crippen LogP contribution < -0.4 is 26.4 Å². The van der Waals surface area contributed by atoms with Gasteiger partial charge in [0.1, 0.15) is 11.6 Å². The smallest absolute Gasteiger partial charge is 0.257 e. The lowest BCUT2D eigenvalue weighted by Crippen LogP contribution is -2.26. The Morgan fingerprint density at radius 3 is 2.47 bits per heavy atom. The number of nitrogens with one attached hydrogen (secondary N) is 4. The second-order valence-electron chi connectivity index (χ2n) is 6.38. The van der Waals surface area contributed by atoms with Gasteiger partial charge in [0.25, 0.3) is 11.8 Å². The van der Waals surface area contributed by atoms with Gasteiger partial charge in [-0.1, -0.05) is 23.7 Å². The van der Waals surface area contributed by atoms with E-state index in [1.54, 1.807) is 12.1 Å². The number of benzene rings is 2. The molecule has 0 bridgehead atoms. The molecule has 2 aromatic rings. The molecule has 0 saturated carbocycles. The van der Waals surface area contributed by atoms with Crippen LogP contribution in [0.15, 0.2) is 30.3 Å². The molecule has 0 saturated heterocycles. The highest BCUT2D eigenvalue weighted by Crippen LogP contribution is 2.25. The minimum Gasteiger partial charge on any atom is -0.483 e. The molecule has 0 heterocycles. The molecular formula is C20H22Cl2FN5O4. The van der Waals surface area contributed by atoms with Crippen molar-refractivity contribution in [3.8, 4) is 5.75 Å². The molecule has 6 N–H and O–H groups in total. The van der Waals surface area contributed by atoms with E-state index < -0.39 is 17.6 Å². The third-order valence-corrected chi connectivity index (χ3v) is 4.33. The summed E-state index contributed by atoms with van der Waals surface area (Å²) in [7, 11) is 1.46. The van der Waals surface area contributed by atoms with Crippen molar-refractivity contribution in [2.75, 3.05) is 19.0 Å². The van der Waals surface area contributed by atoms with Crippen molar-refractivity contribution >= 4 is 53.3 Å². The normalized spacial score (nSPS) is 9.88. The molecule has 0 aromatic heterocycles. The number of nitrogen functional groups attached to an aromatic ring is 1. The fourth-order valence-corrected chi connectivity index (χ4v) is 2.72. The van der Waals surface area contributed by atoms with E-state index in [4.69, 9.17) is 27.5 Å². The Morgan fingerprint density at radius 1 is 1.19 bits per heavy atom. The first kappa shape index (κ1) is 26.7. The SMILES string of the molecule is CNC(=O)COc1cc(C(=N)N)ccc1CNC(=O)c1cc(Cl)c(F)c(NC(C)=O)c1.Cl. The Labute approximate surface area is 194 Å². The van der Waals surface area contributed by atoms with Crippen LogP contribution in [0.1, 0.15) is 28.4 Å². The van der Waals surface area contributed by atoms with E-state index in [0.717, 1.165) is 6.07 Å². The van der Waals surface area contributed by atoms with E-state index in [9.17, 15) is 18.8 Å². The number of amides is 3. The molecule has 0 fully saturated rings. The topological polar surface area (TPSA) is 146 Å². The molecule has 12 heteroatoms. The number of hydrogen-bond donors (Lipinski definition) is 5. The van der Waals surface area contributed by atoms with Gasteiger partial charge in [-0.05, 0) is 18.2 Å². The maximum Gasteiger partial charge on any atom is 0.257 e. The van der Waals surface area contributed by atoms with Gasteiger partial charge >= 0.3 is 0 Å². The Balaban J connectivity index is 0.00000512. The zero-order valence-electron chi connectivity index (χ0n) is 17.2. The number of carbonyl (C=O) groups excluding carboxylic acids is 3. The standard InChI is InChI=1S/C20H21ClFN5O4.ClH/c1-10(28)27-15-6-13(5-14(21)18(15)22)20(30)26-8-12-4-3-11(19(23)24)7-16(12)31-9-17(29)25-2;/h3-7H,8-9H2,1-2H3,(H3,23,24)(H,25,29)(H,26,30)(H,27,28);1H. The van der Waals surface area contributed by atoms with E-state index in [-0.39, 0.29) is 59.3 Å². The molecule has 0 spiro atoms. The van der Waals surface area contributed by atoms with Crippen LogP contribution in [-0.2, 0) is 16.1 Å². The lowest BCUT2D eigenvalue weighted by Gasteiger charge is -2.14. The predicted molar refractivity (Wildman–Crippen MR) is 121 cm³/mol. The van der Waals surface area contributed by atoms with Gasteiger partial charge in [0.15, 0.2) is 12.4 Å². The number of hydrogen-bond acceptors (Lipinski definition) is 5. The highest BCUT2D eigenvalue weighted by atomic mass is 35.5. The van der Waals surface area contributed by atoms with Crippen LogP contribution in [0.5, 0.6) is 5.75 Å². The van der Waals surface area contributed by atoms with Crippen LogP contribution in [-0.4, -0.2) is 37.2 Å². The van der Waals surface area contributed by atoms with Crippen molar-refractivity contribution in [3.63, 3.8) is 0 Å². The summed E-state index contributed by atoms with van der Waals surface area (Å²) in [6.07, 6.45) is 0. The first-order valence-corrected chi connectivity index (χ1v) is 9.35. The van der Waals surface area contributed by atoms with E-state index in [0.29, 0.717) is 11.1 Å². The molecule has 0 unspecified atom stereocenters. The quantitative estimate of drug-likeness (QED) is 0.287. The molecule has 2 rings (SSSR count). The fourth-order valence-electron chi connectivity index (χ4n) is 2.50. The molecule has 3 amide bonds. The summed E-state index contributed by atoms with van der Waals surface area (Å²) in [4.78, 5) is 35.3. The van der Waals surface area contributed by atoms with Crippen LogP contribution in [0.3, 0.4) is 0 Å². The fraction of sp³-hybridized carbons (Fsp3) is 0.200. The van der Waals surface area contributed by atoms with E-state index in [1.807, 2.05) is 0 Å². The summed E-state index contributed by atoms with van der Waals surface area (Å²) in [5.74, 6) is -2.25. The number of nitrogens with two attached hydrogens (primary N) is 1.